The van der Waals surface area contributed by atoms with Gasteiger partial charge in [0.1, 0.15) is 16.8 Å². The van der Waals surface area contributed by atoms with Crippen LogP contribution in [0, 0.1) is 0 Å². The summed E-state index contributed by atoms with van der Waals surface area (Å²) in [4.78, 5) is 29.9. The highest BCUT2D eigenvalue weighted by molar-refractivity contribution is 7.91. The lowest BCUT2D eigenvalue weighted by atomic mass is 10.0. The summed E-state index contributed by atoms with van der Waals surface area (Å²) in [6, 6.07) is 8.29. The second-order valence-electron chi connectivity index (χ2n) is 8.08. The van der Waals surface area contributed by atoms with Crippen LogP contribution < -0.4 is 4.80 Å². The van der Waals surface area contributed by atoms with E-state index in [4.69, 9.17) is 4.74 Å². The van der Waals surface area contributed by atoms with Crippen LogP contribution in [0.5, 0.6) is 0 Å². The first-order valence-corrected chi connectivity index (χ1v) is 13.7. The maximum atomic E-state index is 13.2. The summed E-state index contributed by atoms with van der Waals surface area (Å²) in [5.74, 6) is -0.664. The fourth-order valence-electron chi connectivity index (χ4n) is 3.85. The quantitative estimate of drug-likeness (QED) is 0.477. The van der Waals surface area contributed by atoms with Crippen molar-refractivity contribution in [3.8, 4) is 0 Å². The number of thiazole rings is 1. The van der Waals surface area contributed by atoms with Crippen molar-refractivity contribution in [3.05, 3.63) is 46.1 Å². The largest absolute Gasteiger partial charge is 0.468 e. The van der Waals surface area contributed by atoms with E-state index in [1.54, 1.807) is 22.1 Å². The van der Waals surface area contributed by atoms with Gasteiger partial charge in [-0.3, -0.25) is 9.59 Å². The lowest BCUT2D eigenvalue weighted by Crippen LogP contribution is -2.40. The van der Waals surface area contributed by atoms with Gasteiger partial charge in [-0.25, -0.2) is 8.42 Å². The van der Waals surface area contributed by atoms with Gasteiger partial charge in [0.05, 0.1) is 17.3 Å². The molecule has 33 heavy (non-hydrogen) atoms. The molecule has 1 fully saturated rings. The van der Waals surface area contributed by atoms with Crippen molar-refractivity contribution in [2.45, 2.75) is 49.4 Å². The lowest BCUT2D eigenvalue weighted by Gasteiger charge is -2.20. The average molecular weight is 508 g/mol. The van der Waals surface area contributed by atoms with Crippen molar-refractivity contribution in [2.75, 3.05) is 13.7 Å². The monoisotopic (exact) mass is 507 g/mol. The first-order valence-electron chi connectivity index (χ1n) is 10.6. The lowest BCUT2D eigenvalue weighted by molar-refractivity contribution is -0.141. The molecule has 0 bridgehead atoms. The van der Waals surface area contributed by atoms with Crippen LogP contribution in [0.15, 0.2) is 44.9 Å². The van der Waals surface area contributed by atoms with Gasteiger partial charge in [0.25, 0.3) is 15.9 Å². The van der Waals surface area contributed by atoms with Gasteiger partial charge in [0, 0.05) is 6.54 Å². The highest BCUT2D eigenvalue weighted by Gasteiger charge is 2.40. The molecule has 3 aromatic rings. The maximum absolute atomic E-state index is 13.2. The van der Waals surface area contributed by atoms with E-state index in [0.29, 0.717) is 23.6 Å². The Kier molecular flexibility index (Phi) is 6.85. The number of carbonyl (C=O) groups is 2. The molecule has 0 aliphatic carbocycles. The number of rotatable bonds is 6. The molecule has 1 aliphatic heterocycles. The summed E-state index contributed by atoms with van der Waals surface area (Å²) < 4.78 is 34.9. The predicted molar refractivity (Wildman–Crippen MR) is 128 cm³/mol. The highest BCUT2D eigenvalue weighted by Crippen LogP contribution is 2.29. The van der Waals surface area contributed by atoms with Gasteiger partial charge in [-0.15, -0.1) is 11.3 Å². The molecule has 1 aliphatic rings. The number of hydrogen-bond donors (Lipinski definition) is 0. The topological polar surface area (TPSA) is 98.0 Å². The molecular weight excluding hydrogens is 482 g/mol. The number of nitrogens with zero attached hydrogens (tertiary/aromatic N) is 3. The minimum Gasteiger partial charge on any atom is -0.468 e. The van der Waals surface area contributed by atoms with Crippen LogP contribution in [0.3, 0.4) is 0 Å². The van der Waals surface area contributed by atoms with Crippen LogP contribution in [-0.4, -0.2) is 48.9 Å². The number of hydrogen-bond acceptors (Lipinski definition) is 7. The molecule has 1 unspecified atom stereocenters. The fraction of sp³-hybridized carbons (Fsp3) is 0.409. The first kappa shape index (κ1) is 23.8. The van der Waals surface area contributed by atoms with Crippen LogP contribution in [0.4, 0.5) is 0 Å². The van der Waals surface area contributed by atoms with Gasteiger partial charge in [0.2, 0.25) is 0 Å². The van der Waals surface area contributed by atoms with Crippen molar-refractivity contribution in [3.63, 3.8) is 0 Å². The summed E-state index contributed by atoms with van der Waals surface area (Å²) in [6.07, 6.45) is 0.995. The Labute approximate surface area is 200 Å². The second-order valence-corrected chi connectivity index (χ2v) is 12.2. The van der Waals surface area contributed by atoms with Crippen LogP contribution in [0.1, 0.15) is 38.2 Å². The third kappa shape index (κ3) is 4.68. The minimum absolute atomic E-state index is 0.0918. The smallest absolute Gasteiger partial charge is 0.325 e. The van der Waals surface area contributed by atoms with Crippen LogP contribution in [-0.2, 0) is 30.9 Å². The summed E-state index contributed by atoms with van der Waals surface area (Å²) in [5.41, 5.74) is 1.91. The van der Waals surface area contributed by atoms with E-state index in [9.17, 15) is 18.0 Å². The number of methoxy groups -OCH3 is 1. The number of sulfonamides is 1. The molecule has 4 rings (SSSR count). The van der Waals surface area contributed by atoms with E-state index < -0.39 is 27.9 Å². The zero-order valence-electron chi connectivity index (χ0n) is 18.6. The third-order valence-electron chi connectivity index (χ3n) is 5.64. The van der Waals surface area contributed by atoms with E-state index in [-0.39, 0.29) is 17.3 Å². The van der Waals surface area contributed by atoms with E-state index in [1.807, 2.05) is 18.2 Å². The van der Waals surface area contributed by atoms with E-state index >= 15 is 0 Å². The molecule has 2 aromatic heterocycles. The van der Waals surface area contributed by atoms with Gasteiger partial charge in [-0.2, -0.15) is 9.30 Å². The number of fused-ring (bicyclic) bond motifs is 1. The summed E-state index contributed by atoms with van der Waals surface area (Å²) in [5, 5.41) is 1.70. The highest BCUT2D eigenvalue weighted by atomic mass is 32.2. The molecular formula is C22H25N3O5S3. The Balaban J connectivity index is 1.76. The van der Waals surface area contributed by atoms with Crippen LogP contribution in [0.25, 0.3) is 10.2 Å². The van der Waals surface area contributed by atoms with Crippen LogP contribution >= 0.6 is 22.7 Å². The SMILES string of the molecule is COC(=O)Cn1c(=NC(=O)C2CCCN2S(=O)(=O)c2cccs2)sc2cc(C(C)C)ccc21. The zero-order valence-corrected chi connectivity index (χ0v) is 21.0. The number of carbonyl (C=O) groups excluding carboxylic acids is 2. The molecule has 1 saturated heterocycles. The fourth-order valence-corrected chi connectivity index (χ4v) is 7.70. The Morgan fingerprint density at radius 1 is 1.27 bits per heavy atom. The molecule has 0 spiro atoms. The first-order chi connectivity index (χ1) is 15.7. The minimum atomic E-state index is -3.76. The van der Waals surface area contributed by atoms with Gasteiger partial charge >= 0.3 is 5.97 Å². The molecule has 1 atom stereocenters. The molecule has 1 amide bonds. The van der Waals surface area contributed by atoms with Crippen molar-refractivity contribution < 1.29 is 22.7 Å². The Bertz CT molecular complexity index is 1350. The Hall–Kier alpha value is -2.34. The summed E-state index contributed by atoms with van der Waals surface area (Å²) in [6.45, 7) is 4.37. The third-order valence-corrected chi connectivity index (χ3v) is 9.96. The number of amides is 1. The van der Waals surface area contributed by atoms with Crippen LogP contribution in [0.2, 0.25) is 0 Å². The Morgan fingerprint density at radius 3 is 2.73 bits per heavy atom. The van der Waals surface area contributed by atoms with E-state index in [2.05, 4.69) is 18.8 Å². The molecule has 0 saturated carbocycles. The van der Waals surface area contributed by atoms with E-state index in [0.717, 1.165) is 27.1 Å². The van der Waals surface area contributed by atoms with Gasteiger partial charge in [-0.1, -0.05) is 37.3 Å². The van der Waals surface area contributed by atoms with Crippen molar-refractivity contribution in [2.24, 2.45) is 4.99 Å². The molecule has 0 N–H and O–H groups in total. The predicted octanol–water partition coefficient (Wildman–Crippen LogP) is 3.34. The van der Waals surface area contributed by atoms with Gasteiger partial charge < -0.3 is 9.30 Å². The molecule has 176 valence electrons. The van der Waals surface area contributed by atoms with Crippen molar-refractivity contribution in [1.29, 1.82) is 0 Å². The van der Waals surface area contributed by atoms with Crippen molar-refractivity contribution in [1.82, 2.24) is 8.87 Å². The molecule has 3 heterocycles. The Morgan fingerprint density at radius 2 is 2.06 bits per heavy atom. The second kappa shape index (κ2) is 9.49. The normalized spacial score (nSPS) is 17.8. The van der Waals surface area contributed by atoms with Gasteiger partial charge in [0.15, 0.2) is 4.80 Å². The molecule has 1 aromatic carbocycles. The van der Waals surface area contributed by atoms with E-state index in [1.165, 1.54) is 22.8 Å². The van der Waals surface area contributed by atoms with Crippen molar-refractivity contribution >= 4 is 54.8 Å². The van der Waals surface area contributed by atoms with Gasteiger partial charge in [-0.05, 0) is 47.9 Å². The number of ether oxygens (including phenoxy) is 1. The maximum Gasteiger partial charge on any atom is 0.325 e. The number of thiophene rings is 1. The zero-order chi connectivity index (χ0) is 23.8. The summed E-state index contributed by atoms with van der Waals surface area (Å²) in [7, 11) is -2.45. The summed E-state index contributed by atoms with van der Waals surface area (Å²) >= 11 is 2.43. The molecule has 8 nitrogen and oxygen atoms in total. The number of esters is 1. The average Bonchev–Trinajstić information content (AvgIpc) is 3.54. The number of aromatic nitrogens is 1. The number of benzene rings is 1. The molecule has 11 heteroatoms. The standard InChI is InChI=1S/C22H25N3O5S3/c1-14(2)15-8-9-16-18(12-15)32-22(24(16)13-19(26)30-3)23-21(27)17-6-4-10-25(17)33(28,29)20-7-5-11-31-20/h5,7-9,11-12,14,17H,4,6,10,13H2,1-3H3. The molecule has 0 radical (unpaired) electrons.